The predicted molar refractivity (Wildman–Crippen MR) is 109 cm³/mol. The van der Waals surface area contributed by atoms with Gasteiger partial charge >= 0.3 is 0 Å². The number of rotatable bonds is 11. The van der Waals surface area contributed by atoms with Gasteiger partial charge in [-0.15, -0.1) is 0 Å². The number of ether oxygens (including phenoxy) is 1. The number of hydrogen-bond acceptors (Lipinski definition) is 4. The zero-order valence-corrected chi connectivity index (χ0v) is 16.9. The van der Waals surface area contributed by atoms with Crippen LogP contribution in [0.1, 0.15) is 57.7 Å². The van der Waals surface area contributed by atoms with Crippen LogP contribution in [-0.2, 0) is 10.2 Å². The number of pyridine rings is 2. The molecule has 5 nitrogen and oxygen atoms in total. The van der Waals surface area contributed by atoms with Crippen LogP contribution in [0.25, 0.3) is 11.3 Å². The molecule has 0 unspecified atom stereocenters. The molecular weight excluding hydrogens is 338 g/mol. The van der Waals surface area contributed by atoms with E-state index >= 15 is 0 Å². The summed E-state index contributed by atoms with van der Waals surface area (Å²) in [5, 5.41) is 2.92. The Balaban J connectivity index is 2.48. The van der Waals surface area contributed by atoms with E-state index in [-0.39, 0.29) is 5.41 Å². The lowest BCUT2D eigenvalue weighted by molar-refractivity contribution is -0.109. The fourth-order valence-corrected chi connectivity index (χ4v) is 3.97. The molecule has 0 saturated carbocycles. The maximum atomic E-state index is 11.0. The van der Waals surface area contributed by atoms with Crippen LogP contribution in [0.5, 0.6) is 5.88 Å². The van der Waals surface area contributed by atoms with E-state index in [1.54, 1.807) is 6.20 Å². The molecule has 0 aliphatic carbocycles. The second-order valence-corrected chi connectivity index (χ2v) is 6.90. The minimum Gasteiger partial charge on any atom is -0.477 e. The standard InChI is InChI=1S/C22H31N3O2/c1-5-12-22(13-6-2,15-23-16-26)19-10-11-20(25-17(19)4)18-9-8-14-24-21(18)27-7-3/h8-11,14,16H,5-7,12-13,15H2,1-4H3,(H,23,26). The average Bonchev–Trinajstić information content (AvgIpc) is 2.67. The van der Waals surface area contributed by atoms with Gasteiger partial charge < -0.3 is 10.1 Å². The molecule has 0 atom stereocenters. The van der Waals surface area contributed by atoms with Crippen molar-refractivity contribution in [2.75, 3.05) is 13.2 Å². The van der Waals surface area contributed by atoms with Gasteiger partial charge in [-0.25, -0.2) is 4.98 Å². The molecule has 2 aromatic rings. The number of hydrogen-bond donors (Lipinski definition) is 1. The third kappa shape index (κ3) is 4.85. The van der Waals surface area contributed by atoms with Gasteiger partial charge in [0.25, 0.3) is 0 Å². The molecule has 27 heavy (non-hydrogen) atoms. The molecule has 2 rings (SSSR count). The molecule has 146 valence electrons. The van der Waals surface area contributed by atoms with Crippen molar-refractivity contribution >= 4 is 6.41 Å². The smallest absolute Gasteiger partial charge is 0.222 e. The Morgan fingerprint density at radius 2 is 1.89 bits per heavy atom. The van der Waals surface area contributed by atoms with Crippen LogP contribution >= 0.6 is 0 Å². The van der Waals surface area contributed by atoms with Gasteiger partial charge in [0.1, 0.15) is 0 Å². The molecule has 1 amide bonds. The second-order valence-electron chi connectivity index (χ2n) is 6.90. The predicted octanol–water partition coefficient (Wildman–Crippen LogP) is 4.43. The Kier molecular flexibility index (Phi) is 7.77. The van der Waals surface area contributed by atoms with Gasteiger partial charge in [0.15, 0.2) is 0 Å². The van der Waals surface area contributed by atoms with Crippen molar-refractivity contribution in [3.63, 3.8) is 0 Å². The third-order valence-electron chi connectivity index (χ3n) is 4.97. The van der Waals surface area contributed by atoms with Crippen LogP contribution in [-0.4, -0.2) is 29.5 Å². The fourth-order valence-electron chi connectivity index (χ4n) is 3.97. The lowest BCUT2D eigenvalue weighted by Crippen LogP contribution is -2.38. The first kappa shape index (κ1) is 20.9. The number of nitrogens with one attached hydrogen (secondary N) is 1. The van der Waals surface area contributed by atoms with Crippen molar-refractivity contribution < 1.29 is 9.53 Å². The van der Waals surface area contributed by atoms with E-state index < -0.39 is 0 Å². The third-order valence-corrected chi connectivity index (χ3v) is 4.97. The molecule has 0 spiro atoms. The highest BCUT2D eigenvalue weighted by molar-refractivity contribution is 5.65. The summed E-state index contributed by atoms with van der Waals surface area (Å²) in [7, 11) is 0. The maximum Gasteiger partial charge on any atom is 0.222 e. The van der Waals surface area contributed by atoms with Crippen LogP contribution in [0, 0.1) is 6.92 Å². The number of aryl methyl sites for hydroxylation is 1. The van der Waals surface area contributed by atoms with E-state index in [9.17, 15) is 4.79 Å². The molecule has 5 heteroatoms. The van der Waals surface area contributed by atoms with Crippen molar-refractivity contribution in [3.05, 3.63) is 41.7 Å². The van der Waals surface area contributed by atoms with Crippen molar-refractivity contribution in [2.24, 2.45) is 0 Å². The number of nitrogens with zero attached hydrogens (tertiary/aromatic N) is 2. The first-order valence-electron chi connectivity index (χ1n) is 9.85. The Bertz CT molecular complexity index is 740. The molecule has 1 N–H and O–H groups in total. The van der Waals surface area contributed by atoms with E-state index in [0.29, 0.717) is 19.0 Å². The van der Waals surface area contributed by atoms with Gasteiger partial charge in [-0.3, -0.25) is 9.78 Å². The van der Waals surface area contributed by atoms with Crippen LogP contribution in [0.2, 0.25) is 0 Å². The largest absolute Gasteiger partial charge is 0.477 e. The van der Waals surface area contributed by atoms with Gasteiger partial charge in [-0.05, 0) is 50.5 Å². The normalized spacial score (nSPS) is 11.3. The van der Waals surface area contributed by atoms with E-state index in [2.05, 4.69) is 37.1 Å². The molecule has 0 aliphatic rings. The van der Waals surface area contributed by atoms with Crippen molar-refractivity contribution in [3.8, 4) is 17.1 Å². The SMILES string of the molecule is CCCC(CCC)(CNC=O)c1ccc(-c2cccnc2OCC)nc1C. The first-order chi connectivity index (χ1) is 13.1. The van der Waals surface area contributed by atoms with E-state index in [1.807, 2.05) is 25.1 Å². The van der Waals surface area contributed by atoms with Crippen molar-refractivity contribution in [2.45, 2.75) is 58.8 Å². The van der Waals surface area contributed by atoms with Crippen LogP contribution < -0.4 is 10.1 Å². The van der Waals surface area contributed by atoms with Gasteiger partial charge in [0.2, 0.25) is 12.3 Å². The molecule has 0 aromatic carbocycles. The fraction of sp³-hybridized carbons (Fsp3) is 0.500. The summed E-state index contributed by atoms with van der Waals surface area (Å²) >= 11 is 0. The quantitative estimate of drug-likeness (QED) is 0.595. The van der Waals surface area contributed by atoms with E-state index in [4.69, 9.17) is 9.72 Å². The van der Waals surface area contributed by atoms with Gasteiger partial charge in [0, 0.05) is 23.9 Å². The summed E-state index contributed by atoms with van der Waals surface area (Å²) in [6.45, 7) is 9.57. The molecule has 0 aliphatic heterocycles. The zero-order valence-electron chi connectivity index (χ0n) is 16.9. The Labute approximate surface area is 162 Å². The topological polar surface area (TPSA) is 64.1 Å². The van der Waals surface area contributed by atoms with E-state index in [1.165, 1.54) is 5.56 Å². The van der Waals surface area contributed by atoms with Crippen LogP contribution in [0.15, 0.2) is 30.5 Å². The number of carbonyl (C=O) groups is 1. The molecule has 0 fully saturated rings. The van der Waals surface area contributed by atoms with Crippen molar-refractivity contribution in [1.29, 1.82) is 0 Å². The van der Waals surface area contributed by atoms with Gasteiger partial charge in [-0.2, -0.15) is 0 Å². The van der Waals surface area contributed by atoms with Gasteiger partial charge in [-0.1, -0.05) is 32.8 Å². The molecule has 2 aromatic heterocycles. The highest BCUT2D eigenvalue weighted by atomic mass is 16.5. The number of aromatic nitrogens is 2. The minimum absolute atomic E-state index is 0.0856. The summed E-state index contributed by atoms with van der Waals surface area (Å²) in [6, 6.07) is 8.09. The number of amides is 1. The van der Waals surface area contributed by atoms with Gasteiger partial charge in [0.05, 0.1) is 17.9 Å². The lowest BCUT2D eigenvalue weighted by Gasteiger charge is -2.35. The Morgan fingerprint density at radius 1 is 1.15 bits per heavy atom. The molecular formula is C22H31N3O2. The maximum absolute atomic E-state index is 11.0. The first-order valence-corrected chi connectivity index (χ1v) is 9.85. The molecule has 0 saturated heterocycles. The van der Waals surface area contributed by atoms with Crippen LogP contribution in [0.4, 0.5) is 0 Å². The Hall–Kier alpha value is -2.43. The highest BCUT2D eigenvalue weighted by Crippen LogP contribution is 2.37. The highest BCUT2D eigenvalue weighted by Gasteiger charge is 2.32. The summed E-state index contributed by atoms with van der Waals surface area (Å²) in [5.74, 6) is 0.607. The van der Waals surface area contributed by atoms with Crippen LogP contribution in [0.3, 0.4) is 0 Å². The Morgan fingerprint density at radius 3 is 2.48 bits per heavy atom. The van der Waals surface area contributed by atoms with E-state index in [0.717, 1.165) is 49.0 Å². The summed E-state index contributed by atoms with van der Waals surface area (Å²) in [6.07, 6.45) is 6.66. The monoisotopic (exact) mass is 369 g/mol. The summed E-state index contributed by atoms with van der Waals surface area (Å²) in [4.78, 5) is 20.2. The zero-order chi connectivity index (χ0) is 19.7. The molecule has 0 radical (unpaired) electrons. The minimum atomic E-state index is -0.0856. The average molecular weight is 370 g/mol. The number of carbonyl (C=O) groups excluding carboxylic acids is 1. The summed E-state index contributed by atoms with van der Waals surface area (Å²) < 4.78 is 5.66. The summed E-state index contributed by atoms with van der Waals surface area (Å²) in [5.41, 5.74) is 3.88. The molecule has 2 heterocycles. The molecule has 0 bridgehead atoms. The lowest BCUT2D eigenvalue weighted by atomic mass is 9.72. The second kappa shape index (κ2) is 10.0. The van der Waals surface area contributed by atoms with Crippen molar-refractivity contribution in [1.82, 2.24) is 15.3 Å².